The van der Waals surface area contributed by atoms with Gasteiger partial charge in [0.05, 0.1) is 12.0 Å². The van der Waals surface area contributed by atoms with E-state index >= 15 is 0 Å². The molecular formula is C16H16N2O4S. The van der Waals surface area contributed by atoms with Gasteiger partial charge in [0.25, 0.3) is 10.1 Å². The molecule has 6 nitrogen and oxygen atoms in total. The lowest BCUT2D eigenvalue weighted by atomic mass is 10.1. The third kappa shape index (κ3) is 3.68. The summed E-state index contributed by atoms with van der Waals surface area (Å²) in [5, 5.41) is 9.32. The lowest BCUT2D eigenvalue weighted by molar-refractivity contribution is 0.144. The van der Waals surface area contributed by atoms with Gasteiger partial charge in [0.1, 0.15) is 11.8 Å². The first-order valence-electron chi connectivity index (χ1n) is 6.68. The SMILES string of the molecule is COc1ccc(C(N)(C#N)OS(=O)(=O)c2ccc(C)cc2)cc1. The number of hydrogen-bond donors (Lipinski definition) is 1. The number of rotatable bonds is 5. The second-order valence-corrected chi connectivity index (χ2v) is 6.47. The lowest BCUT2D eigenvalue weighted by Gasteiger charge is -2.22. The molecule has 7 heteroatoms. The van der Waals surface area contributed by atoms with E-state index < -0.39 is 15.8 Å². The molecule has 0 spiro atoms. The summed E-state index contributed by atoms with van der Waals surface area (Å²) in [5.74, 6) is 0.551. The van der Waals surface area contributed by atoms with Gasteiger partial charge in [0.15, 0.2) is 0 Å². The summed E-state index contributed by atoms with van der Waals surface area (Å²) in [6, 6.07) is 13.9. The summed E-state index contributed by atoms with van der Waals surface area (Å²) in [7, 11) is -2.70. The van der Waals surface area contributed by atoms with Gasteiger partial charge in [-0.15, -0.1) is 0 Å². The molecule has 2 aromatic rings. The standard InChI is InChI=1S/C16H16N2O4S/c1-12-3-9-15(10-4-12)23(19,20)22-16(18,11-17)13-5-7-14(21-2)8-6-13/h3-10H,18H2,1-2H3. The molecule has 0 fully saturated rings. The Bertz CT molecular complexity index is 824. The summed E-state index contributed by atoms with van der Waals surface area (Å²) >= 11 is 0. The predicted octanol–water partition coefficient (Wildman–Crippen LogP) is 2.04. The third-order valence-corrected chi connectivity index (χ3v) is 4.57. The quantitative estimate of drug-likeness (QED) is 0.664. The largest absolute Gasteiger partial charge is 0.497 e. The van der Waals surface area contributed by atoms with Gasteiger partial charge >= 0.3 is 0 Å². The molecule has 2 N–H and O–H groups in total. The molecule has 0 aromatic heterocycles. The Labute approximate surface area is 135 Å². The van der Waals surface area contributed by atoms with Crippen LogP contribution in [0.2, 0.25) is 0 Å². The van der Waals surface area contributed by atoms with E-state index in [1.165, 1.54) is 31.4 Å². The Morgan fingerprint density at radius 1 is 1.09 bits per heavy atom. The van der Waals surface area contributed by atoms with Crippen molar-refractivity contribution in [3.8, 4) is 11.8 Å². The van der Waals surface area contributed by atoms with Crippen LogP contribution in [-0.4, -0.2) is 15.5 Å². The Kier molecular flexibility index (Phi) is 4.71. The van der Waals surface area contributed by atoms with Crippen LogP contribution >= 0.6 is 0 Å². The molecule has 0 radical (unpaired) electrons. The number of nitriles is 1. The smallest absolute Gasteiger partial charge is 0.300 e. The van der Waals surface area contributed by atoms with Crippen molar-refractivity contribution in [2.75, 3.05) is 7.11 Å². The molecule has 1 unspecified atom stereocenters. The second-order valence-electron chi connectivity index (χ2n) is 4.93. The van der Waals surface area contributed by atoms with E-state index in [1.807, 2.05) is 6.92 Å². The first kappa shape index (κ1) is 17.0. The van der Waals surface area contributed by atoms with Crippen LogP contribution in [0, 0.1) is 18.3 Å². The Hall–Kier alpha value is -2.40. The molecule has 1 atom stereocenters. The van der Waals surface area contributed by atoms with Crippen LogP contribution in [0.15, 0.2) is 53.4 Å². The molecule has 120 valence electrons. The molecule has 0 amide bonds. The van der Waals surface area contributed by atoms with Crippen molar-refractivity contribution in [1.29, 1.82) is 5.26 Å². The van der Waals surface area contributed by atoms with Gasteiger partial charge in [-0.2, -0.15) is 13.7 Å². The van der Waals surface area contributed by atoms with Crippen LogP contribution in [0.5, 0.6) is 5.75 Å². The fraction of sp³-hybridized carbons (Fsp3) is 0.188. The topological polar surface area (TPSA) is 102 Å². The number of ether oxygens (including phenoxy) is 1. The summed E-state index contributed by atoms with van der Waals surface area (Å²) in [6.07, 6.45) is 0. The minimum absolute atomic E-state index is 0.0679. The zero-order valence-corrected chi connectivity index (χ0v) is 13.5. The van der Waals surface area contributed by atoms with Gasteiger partial charge in [-0.05, 0) is 43.3 Å². The summed E-state index contributed by atoms with van der Waals surface area (Å²) in [6.45, 7) is 1.83. The third-order valence-electron chi connectivity index (χ3n) is 3.24. The molecule has 23 heavy (non-hydrogen) atoms. The van der Waals surface area contributed by atoms with Crippen LogP contribution in [0.25, 0.3) is 0 Å². The molecule has 0 heterocycles. The Morgan fingerprint density at radius 3 is 2.13 bits per heavy atom. The van der Waals surface area contributed by atoms with Gasteiger partial charge in [0, 0.05) is 5.56 Å². The summed E-state index contributed by atoms with van der Waals surface area (Å²) in [4.78, 5) is -0.0679. The maximum Gasteiger partial charge on any atom is 0.300 e. The van der Waals surface area contributed by atoms with E-state index in [0.717, 1.165) is 5.56 Å². The maximum absolute atomic E-state index is 12.3. The first-order valence-corrected chi connectivity index (χ1v) is 8.08. The number of nitrogens with two attached hydrogens (primary N) is 1. The van der Waals surface area contributed by atoms with Crippen molar-refractivity contribution in [1.82, 2.24) is 0 Å². The molecule has 0 saturated carbocycles. The minimum Gasteiger partial charge on any atom is -0.497 e. The van der Waals surface area contributed by atoms with E-state index in [-0.39, 0.29) is 10.5 Å². The molecule has 0 aliphatic carbocycles. The van der Waals surface area contributed by atoms with Crippen LogP contribution in [0.1, 0.15) is 11.1 Å². The summed E-state index contributed by atoms with van der Waals surface area (Å²) in [5.41, 5.74) is 4.84. The molecule has 0 saturated heterocycles. The van der Waals surface area contributed by atoms with Gasteiger partial charge in [-0.25, -0.2) is 4.18 Å². The maximum atomic E-state index is 12.3. The zero-order chi connectivity index (χ0) is 17.1. The average molecular weight is 332 g/mol. The van der Waals surface area contributed by atoms with Gasteiger partial charge in [-0.3, -0.25) is 5.73 Å². The Balaban J connectivity index is 2.36. The van der Waals surface area contributed by atoms with Crippen molar-refractivity contribution in [3.63, 3.8) is 0 Å². The van der Waals surface area contributed by atoms with Gasteiger partial charge < -0.3 is 4.74 Å². The molecule has 0 aliphatic rings. The highest BCUT2D eigenvalue weighted by atomic mass is 32.2. The highest BCUT2D eigenvalue weighted by molar-refractivity contribution is 7.86. The minimum atomic E-state index is -4.19. The van der Waals surface area contributed by atoms with Crippen molar-refractivity contribution in [2.45, 2.75) is 17.5 Å². The predicted molar refractivity (Wildman–Crippen MR) is 83.9 cm³/mol. The van der Waals surface area contributed by atoms with Gasteiger partial charge in [0.2, 0.25) is 5.72 Å². The van der Waals surface area contributed by atoms with Crippen molar-refractivity contribution in [3.05, 3.63) is 59.7 Å². The fourth-order valence-electron chi connectivity index (χ4n) is 1.90. The monoisotopic (exact) mass is 332 g/mol. The van der Waals surface area contributed by atoms with Gasteiger partial charge in [-0.1, -0.05) is 17.7 Å². The normalized spacial score (nSPS) is 13.8. The lowest BCUT2D eigenvalue weighted by Crippen LogP contribution is -2.40. The highest BCUT2D eigenvalue weighted by Crippen LogP contribution is 2.27. The molecule has 0 bridgehead atoms. The molecular weight excluding hydrogens is 316 g/mol. The highest BCUT2D eigenvalue weighted by Gasteiger charge is 2.35. The number of methoxy groups -OCH3 is 1. The van der Waals surface area contributed by atoms with E-state index in [2.05, 4.69) is 0 Å². The first-order chi connectivity index (χ1) is 10.8. The van der Waals surface area contributed by atoms with Crippen LogP contribution in [0.3, 0.4) is 0 Å². The molecule has 2 aromatic carbocycles. The second kappa shape index (κ2) is 6.38. The van der Waals surface area contributed by atoms with E-state index in [0.29, 0.717) is 5.75 Å². The zero-order valence-electron chi connectivity index (χ0n) is 12.7. The van der Waals surface area contributed by atoms with E-state index in [4.69, 9.17) is 14.7 Å². The number of hydrogen-bond acceptors (Lipinski definition) is 6. The summed E-state index contributed by atoms with van der Waals surface area (Å²) < 4.78 is 34.7. The fourth-order valence-corrected chi connectivity index (χ4v) is 2.94. The number of aryl methyl sites for hydroxylation is 1. The number of benzene rings is 2. The average Bonchev–Trinajstić information content (AvgIpc) is 2.55. The molecule has 2 rings (SSSR count). The van der Waals surface area contributed by atoms with E-state index in [1.54, 1.807) is 30.3 Å². The van der Waals surface area contributed by atoms with Crippen LogP contribution in [-0.2, 0) is 20.0 Å². The van der Waals surface area contributed by atoms with Crippen molar-refractivity contribution >= 4 is 10.1 Å². The van der Waals surface area contributed by atoms with Crippen molar-refractivity contribution in [2.24, 2.45) is 5.73 Å². The Morgan fingerprint density at radius 2 is 1.65 bits per heavy atom. The van der Waals surface area contributed by atoms with E-state index in [9.17, 15) is 13.7 Å². The van der Waals surface area contributed by atoms with Crippen molar-refractivity contribution < 1.29 is 17.3 Å². The van der Waals surface area contributed by atoms with Crippen LogP contribution < -0.4 is 10.5 Å². The molecule has 0 aliphatic heterocycles. The number of nitrogens with zero attached hydrogens (tertiary/aromatic N) is 1. The van der Waals surface area contributed by atoms with Crippen LogP contribution in [0.4, 0.5) is 0 Å².